The van der Waals surface area contributed by atoms with E-state index in [1.807, 2.05) is 13.8 Å². The Morgan fingerprint density at radius 3 is 2.57 bits per heavy atom. The minimum atomic E-state index is -0.672. The Labute approximate surface area is 126 Å². The zero-order valence-electron chi connectivity index (χ0n) is 12.1. The second-order valence-corrected chi connectivity index (χ2v) is 7.15. The minimum Gasteiger partial charge on any atom is -0.390 e. The molecule has 0 aliphatic carbocycles. The summed E-state index contributed by atoms with van der Waals surface area (Å²) in [6.07, 6.45) is 1.74. The first-order chi connectivity index (χ1) is 9.84. The van der Waals surface area contributed by atoms with Gasteiger partial charge in [-0.15, -0.1) is 0 Å². The first-order valence-electron chi connectivity index (χ1n) is 7.07. The Kier molecular flexibility index (Phi) is 3.61. The van der Waals surface area contributed by atoms with Gasteiger partial charge in [-0.25, -0.2) is 13.8 Å². The van der Waals surface area contributed by atoms with Crippen LogP contribution in [0.5, 0.6) is 0 Å². The first kappa shape index (κ1) is 14.7. The third-order valence-corrected chi connectivity index (χ3v) is 5.23. The predicted molar refractivity (Wildman–Crippen MR) is 80.8 cm³/mol. The highest BCUT2D eigenvalue weighted by atomic mass is 32.1. The van der Waals surface area contributed by atoms with Crippen LogP contribution in [0.15, 0.2) is 12.1 Å². The Hall–Kier alpha value is -1.27. The molecule has 0 bridgehead atoms. The Morgan fingerprint density at radius 1 is 1.29 bits per heavy atom. The number of fused-ring (bicyclic) bond motifs is 1. The van der Waals surface area contributed by atoms with Gasteiger partial charge in [0.25, 0.3) is 0 Å². The van der Waals surface area contributed by atoms with Gasteiger partial charge in [0, 0.05) is 19.2 Å². The van der Waals surface area contributed by atoms with Crippen molar-refractivity contribution in [1.29, 1.82) is 0 Å². The highest BCUT2D eigenvalue weighted by molar-refractivity contribution is 7.22. The van der Waals surface area contributed by atoms with Crippen molar-refractivity contribution in [3.8, 4) is 0 Å². The van der Waals surface area contributed by atoms with E-state index in [2.05, 4.69) is 9.88 Å². The molecule has 1 aliphatic heterocycles. The van der Waals surface area contributed by atoms with Crippen LogP contribution in [0.1, 0.15) is 26.7 Å². The molecule has 0 spiro atoms. The monoisotopic (exact) mass is 312 g/mol. The standard InChI is InChI=1S/C15H18F2N2OS/c1-15(2,20)9-3-5-19(6-4-9)14-18-13-11(17)7-10(16)8-12(13)21-14/h7-9,20H,3-6H2,1-2H3. The van der Waals surface area contributed by atoms with Crippen LogP contribution in [-0.4, -0.2) is 28.8 Å². The summed E-state index contributed by atoms with van der Waals surface area (Å²) in [6.45, 7) is 5.23. The fraction of sp³-hybridized carbons (Fsp3) is 0.533. The lowest BCUT2D eigenvalue weighted by Gasteiger charge is -2.37. The fourth-order valence-corrected chi connectivity index (χ4v) is 3.91. The van der Waals surface area contributed by atoms with E-state index >= 15 is 0 Å². The maximum Gasteiger partial charge on any atom is 0.186 e. The normalized spacial score (nSPS) is 17.7. The van der Waals surface area contributed by atoms with E-state index < -0.39 is 17.2 Å². The summed E-state index contributed by atoms with van der Waals surface area (Å²) in [5.41, 5.74) is -0.435. The number of anilines is 1. The van der Waals surface area contributed by atoms with Crippen molar-refractivity contribution in [3.05, 3.63) is 23.8 Å². The van der Waals surface area contributed by atoms with Gasteiger partial charge in [-0.1, -0.05) is 11.3 Å². The SMILES string of the molecule is CC(C)(O)C1CCN(c2nc3c(F)cc(F)cc3s2)CC1. The molecule has 3 nitrogen and oxygen atoms in total. The molecule has 1 aliphatic rings. The highest BCUT2D eigenvalue weighted by Gasteiger charge is 2.31. The number of halogens is 2. The summed E-state index contributed by atoms with van der Waals surface area (Å²) >= 11 is 1.31. The third kappa shape index (κ3) is 2.87. The third-order valence-electron chi connectivity index (χ3n) is 4.17. The van der Waals surface area contributed by atoms with Crippen molar-refractivity contribution < 1.29 is 13.9 Å². The van der Waals surface area contributed by atoms with E-state index in [0.717, 1.165) is 37.1 Å². The largest absolute Gasteiger partial charge is 0.390 e. The van der Waals surface area contributed by atoms with Crippen molar-refractivity contribution >= 4 is 26.7 Å². The topological polar surface area (TPSA) is 36.4 Å². The van der Waals surface area contributed by atoms with Gasteiger partial charge in [0.2, 0.25) is 0 Å². The summed E-state index contributed by atoms with van der Waals surface area (Å²) in [4.78, 5) is 6.39. The van der Waals surface area contributed by atoms with Crippen molar-refractivity contribution in [2.75, 3.05) is 18.0 Å². The van der Waals surface area contributed by atoms with E-state index in [4.69, 9.17) is 0 Å². The highest BCUT2D eigenvalue weighted by Crippen LogP contribution is 2.35. The van der Waals surface area contributed by atoms with Crippen LogP contribution in [0.4, 0.5) is 13.9 Å². The second-order valence-electron chi connectivity index (χ2n) is 6.15. The molecule has 0 unspecified atom stereocenters. The van der Waals surface area contributed by atoms with Crippen LogP contribution >= 0.6 is 11.3 Å². The van der Waals surface area contributed by atoms with Crippen molar-refractivity contribution in [2.24, 2.45) is 5.92 Å². The minimum absolute atomic E-state index is 0.237. The number of benzene rings is 1. The molecule has 1 aromatic heterocycles. The maximum atomic E-state index is 13.7. The Bertz CT molecular complexity index is 657. The molecule has 0 atom stereocenters. The molecule has 1 aromatic carbocycles. The molecule has 2 heterocycles. The molecule has 1 N–H and O–H groups in total. The molecule has 114 valence electrons. The molecular weight excluding hydrogens is 294 g/mol. The van der Waals surface area contributed by atoms with Gasteiger partial charge in [-0.2, -0.15) is 0 Å². The van der Waals surface area contributed by atoms with Crippen molar-refractivity contribution in [2.45, 2.75) is 32.3 Å². The molecule has 0 radical (unpaired) electrons. The molecule has 1 saturated heterocycles. The zero-order chi connectivity index (χ0) is 15.2. The smallest absolute Gasteiger partial charge is 0.186 e. The van der Waals surface area contributed by atoms with Crippen LogP contribution in [0.25, 0.3) is 10.2 Å². The Morgan fingerprint density at radius 2 is 1.95 bits per heavy atom. The summed E-state index contributed by atoms with van der Waals surface area (Å²) in [7, 11) is 0. The van der Waals surface area contributed by atoms with Gasteiger partial charge < -0.3 is 10.0 Å². The summed E-state index contributed by atoms with van der Waals surface area (Å²) in [5, 5.41) is 10.8. The van der Waals surface area contributed by atoms with Gasteiger partial charge in [0.1, 0.15) is 11.3 Å². The Balaban J connectivity index is 1.81. The van der Waals surface area contributed by atoms with Crippen LogP contribution < -0.4 is 4.90 Å². The molecule has 0 amide bonds. The lowest BCUT2D eigenvalue weighted by atomic mass is 9.83. The summed E-state index contributed by atoms with van der Waals surface area (Å²) in [6, 6.07) is 2.19. The zero-order valence-corrected chi connectivity index (χ0v) is 12.9. The number of hydrogen-bond acceptors (Lipinski definition) is 4. The van der Waals surface area contributed by atoms with E-state index in [1.54, 1.807) is 0 Å². The number of hydrogen-bond donors (Lipinski definition) is 1. The quantitative estimate of drug-likeness (QED) is 0.921. The van der Waals surface area contributed by atoms with E-state index in [-0.39, 0.29) is 11.4 Å². The second kappa shape index (κ2) is 5.18. The molecule has 1 fully saturated rings. The van der Waals surface area contributed by atoms with E-state index in [1.165, 1.54) is 17.4 Å². The maximum absolute atomic E-state index is 13.7. The van der Waals surface area contributed by atoms with Gasteiger partial charge in [0.05, 0.1) is 10.3 Å². The fourth-order valence-electron chi connectivity index (χ4n) is 2.86. The van der Waals surface area contributed by atoms with Gasteiger partial charge in [-0.3, -0.25) is 0 Å². The van der Waals surface area contributed by atoms with Crippen LogP contribution in [-0.2, 0) is 0 Å². The lowest BCUT2D eigenvalue weighted by Crippen LogP contribution is -2.41. The molecule has 21 heavy (non-hydrogen) atoms. The average molecular weight is 312 g/mol. The number of aliphatic hydroxyl groups is 1. The number of thiazole rings is 1. The molecule has 2 aromatic rings. The molecule has 3 rings (SSSR count). The number of piperidine rings is 1. The number of aromatic nitrogens is 1. The van der Waals surface area contributed by atoms with Gasteiger partial charge >= 0.3 is 0 Å². The van der Waals surface area contributed by atoms with E-state index in [0.29, 0.717) is 4.70 Å². The van der Waals surface area contributed by atoms with Crippen molar-refractivity contribution in [3.63, 3.8) is 0 Å². The van der Waals surface area contributed by atoms with Gasteiger partial charge in [0.15, 0.2) is 10.9 Å². The summed E-state index contributed by atoms with van der Waals surface area (Å²) in [5.74, 6) is -0.924. The van der Waals surface area contributed by atoms with E-state index in [9.17, 15) is 13.9 Å². The number of nitrogens with zero attached hydrogens (tertiary/aromatic N) is 2. The van der Waals surface area contributed by atoms with Crippen LogP contribution in [0.2, 0.25) is 0 Å². The van der Waals surface area contributed by atoms with Crippen LogP contribution in [0.3, 0.4) is 0 Å². The molecular formula is C15H18F2N2OS. The molecule has 0 saturated carbocycles. The van der Waals surface area contributed by atoms with Crippen molar-refractivity contribution in [1.82, 2.24) is 4.98 Å². The summed E-state index contributed by atoms with van der Waals surface area (Å²) < 4.78 is 27.5. The number of rotatable bonds is 2. The van der Waals surface area contributed by atoms with Crippen LogP contribution in [0, 0.1) is 17.6 Å². The first-order valence-corrected chi connectivity index (χ1v) is 7.89. The lowest BCUT2D eigenvalue weighted by molar-refractivity contribution is 0.00651. The predicted octanol–water partition coefficient (Wildman–Crippen LogP) is 3.56. The molecule has 6 heteroatoms. The average Bonchev–Trinajstić information content (AvgIpc) is 2.82. The van der Waals surface area contributed by atoms with Gasteiger partial charge in [-0.05, 0) is 38.7 Å².